The monoisotopic (exact) mass is 405 g/mol. The number of carbonyl (C=O) groups excluding carboxylic acids is 3. The van der Waals surface area contributed by atoms with E-state index in [1.165, 1.54) is 0 Å². The van der Waals surface area contributed by atoms with Gasteiger partial charge in [-0.15, -0.1) is 0 Å². The molecule has 0 saturated carbocycles. The number of hydrogen-bond acceptors (Lipinski definition) is 4. The maximum atomic E-state index is 12.8. The number of aromatic amines is 1. The van der Waals surface area contributed by atoms with Gasteiger partial charge >= 0.3 is 0 Å². The lowest BCUT2D eigenvalue weighted by Crippen LogP contribution is -2.45. The van der Waals surface area contributed by atoms with Crippen LogP contribution >= 0.6 is 0 Å². The molecule has 30 heavy (non-hydrogen) atoms. The maximum Gasteiger partial charge on any atom is 0.254 e. The van der Waals surface area contributed by atoms with Crippen molar-refractivity contribution in [2.24, 2.45) is 5.92 Å². The van der Waals surface area contributed by atoms with Crippen LogP contribution in [-0.4, -0.2) is 33.7 Å². The first-order valence-corrected chi connectivity index (χ1v) is 9.87. The first-order valence-electron chi connectivity index (χ1n) is 9.87. The summed E-state index contributed by atoms with van der Waals surface area (Å²) in [5.41, 5.74) is 2.52. The van der Waals surface area contributed by atoms with Gasteiger partial charge in [-0.05, 0) is 30.2 Å². The molecule has 0 saturated heterocycles. The topological polar surface area (TPSA) is 116 Å². The van der Waals surface area contributed by atoms with E-state index in [9.17, 15) is 14.4 Å². The van der Waals surface area contributed by atoms with Crippen LogP contribution in [0.1, 0.15) is 42.5 Å². The Labute approximate surface area is 173 Å². The number of hydrogen-bond donors (Lipinski definition) is 4. The van der Waals surface area contributed by atoms with Gasteiger partial charge in [0.05, 0.1) is 34.7 Å². The number of aromatic nitrogens is 2. The molecule has 0 unspecified atom stereocenters. The summed E-state index contributed by atoms with van der Waals surface area (Å²) in [4.78, 5) is 45.6. The second-order valence-corrected chi connectivity index (χ2v) is 7.69. The van der Waals surface area contributed by atoms with Gasteiger partial charge in [-0.25, -0.2) is 4.98 Å². The second kappa shape index (κ2) is 7.98. The van der Waals surface area contributed by atoms with Gasteiger partial charge in [0.15, 0.2) is 0 Å². The normalized spacial score (nSPS) is 17.1. The number of imidazole rings is 1. The standard InChI is InChI=1S/C22H23N5O3/c1-12(2)19(20-23-15-9-5-6-10-16(15)24-20)27-18(28)11-17-22(30)25-14-8-4-3-7-13(14)21(29)26-17/h3-10,12,17,19H,11H2,1-2H3,(H,23,24)(H,25,30)(H,26,29)(H,27,28)/t17-,19+/m0/s1. The molecule has 4 rings (SSSR count). The highest BCUT2D eigenvalue weighted by Gasteiger charge is 2.31. The highest BCUT2D eigenvalue weighted by atomic mass is 16.2. The van der Waals surface area contributed by atoms with Crippen LogP contribution in [0.25, 0.3) is 11.0 Å². The number of nitrogens with one attached hydrogen (secondary N) is 4. The van der Waals surface area contributed by atoms with Crippen molar-refractivity contribution in [3.8, 4) is 0 Å². The van der Waals surface area contributed by atoms with Crippen molar-refractivity contribution in [1.82, 2.24) is 20.6 Å². The van der Waals surface area contributed by atoms with Gasteiger partial charge in [-0.2, -0.15) is 0 Å². The third-order valence-electron chi connectivity index (χ3n) is 5.13. The largest absolute Gasteiger partial charge is 0.346 e. The zero-order valence-corrected chi connectivity index (χ0v) is 16.7. The molecule has 0 radical (unpaired) electrons. The van der Waals surface area contributed by atoms with Gasteiger partial charge in [0.2, 0.25) is 11.8 Å². The fourth-order valence-electron chi connectivity index (χ4n) is 3.54. The molecule has 2 aromatic carbocycles. The van der Waals surface area contributed by atoms with E-state index in [0.717, 1.165) is 11.0 Å². The average molecular weight is 405 g/mol. The molecule has 0 bridgehead atoms. The van der Waals surface area contributed by atoms with E-state index in [0.29, 0.717) is 17.1 Å². The van der Waals surface area contributed by atoms with Gasteiger partial charge in [0, 0.05) is 0 Å². The quantitative estimate of drug-likeness (QED) is 0.522. The predicted octanol–water partition coefficient (Wildman–Crippen LogP) is 2.52. The lowest BCUT2D eigenvalue weighted by atomic mass is 10.0. The van der Waals surface area contributed by atoms with Crippen LogP contribution in [0.3, 0.4) is 0 Å². The summed E-state index contributed by atoms with van der Waals surface area (Å²) in [7, 11) is 0. The van der Waals surface area contributed by atoms with Gasteiger partial charge in [0.1, 0.15) is 11.9 Å². The Kier molecular flexibility index (Phi) is 5.22. The zero-order valence-electron chi connectivity index (χ0n) is 16.7. The molecule has 8 nitrogen and oxygen atoms in total. The van der Waals surface area contributed by atoms with Crippen LogP contribution in [0, 0.1) is 5.92 Å². The summed E-state index contributed by atoms with van der Waals surface area (Å²) < 4.78 is 0. The second-order valence-electron chi connectivity index (χ2n) is 7.69. The Hall–Kier alpha value is -3.68. The molecule has 2 atom stereocenters. The minimum absolute atomic E-state index is 0.0660. The zero-order chi connectivity index (χ0) is 21.3. The molecule has 8 heteroatoms. The number of para-hydroxylation sites is 3. The Balaban J connectivity index is 1.48. The number of fused-ring (bicyclic) bond motifs is 2. The maximum absolute atomic E-state index is 12.8. The lowest BCUT2D eigenvalue weighted by molar-refractivity contribution is -0.126. The molecule has 0 fully saturated rings. The molecule has 2 heterocycles. The van der Waals surface area contributed by atoms with Gasteiger partial charge < -0.3 is 20.9 Å². The van der Waals surface area contributed by atoms with E-state index >= 15 is 0 Å². The molecule has 3 aromatic rings. The van der Waals surface area contributed by atoms with Crippen LogP contribution < -0.4 is 16.0 Å². The first kappa shape index (κ1) is 19.6. The molecule has 0 spiro atoms. The number of anilines is 1. The third-order valence-corrected chi connectivity index (χ3v) is 5.13. The first-order chi connectivity index (χ1) is 14.4. The SMILES string of the molecule is CC(C)[C@@H](NC(=O)C[C@@H]1NC(=O)c2ccccc2NC1=O)c1nc2ccccc2[nH]1. The van der Waals surface area contributed by atoms with Gasteiger partial charge in [-0.1, -0.05) is 38.1 Å². The minimum Gasteiger partial charge on any atom is -0.346 e. The predicted molar refractivity (Wildman–Crippen MR) is 113 cm³/mol. The van der Waals surface area contributed by atoms with Crippen molar-refractivity contribution in [2.45, 2.75) is 32.4 Å². The number of carbonyl (C=O) groups is 3. The fourth-order valence-corrected chi connectivity index (χ4v) is 3.54. The van der Waals surface area contributed by atoms with Crippen molar-refractivity contribution < 1.29 is 14.4 Å². The molecule has 0 aliphatic carbocycles. The summed E-state index contributed by atoms with van der Waals surface area (Å²) in [6.45, 7) is 3.96. The molecule has 3 amide bonds. The van der Waals surface area contributed by atoms with E-state index in [-0.39, 0.29) is 30.2 Å². The number of rotatable bonds is 5. The number of H-pyrrole nitrogens is 1. The van der Waals surface area contributed by atoms with E-state index in [4.69, 9.17) is 0 Å². The van der Waals surface area contributed by atoms with Crippen molar-refractivity contribution >= 4 is 34.4 Å². The minimum atomic E-state index is -0.964. The van der Waals surface area contributed by atoms with Gasteiger partial charge in [0.25, 0.3) is 5.91 Å². The Morgan fingerprint density at radius 1 is 1.10 bits per heavy atom. The molecule has 4 N–H and O–H groups in total. The summed E-state index contributed by atoms with van der Waals surface area (Å²) in [5.74, 6) is -0.439. The molecule has 1 aliphatic rings. The molecule has 1 aliphatic heterocycles. The number of amides is 3. The van der Waals surface area contributed by atoms with Crippen LogP contribution in [-0.2, 0) is 9.59 Å². The Morgan fingerprint density at radius 2 is 1.83 bits per heavy atom. The van der Waals surface area contributed by atoms with E-state index in [1.807, 2.05) is 38.1 Å². The molecular weight excluding hydrogens is 382 g/mol. The lowest BCUT2D eigenvalue weighted by Gasteiger charge is -2.22. The third kappa shape index (κ3) is 3.89. The van der Waals surface area contributed by atoms with Crippen LogP contribution in [0.4, 0.5) is 5.69 Å². The average Bonchev–Trinajstić information content (AvgIpc) is 3.10. The summed E-state index contributed by atoms with van der Waals surface area (Å²) in [6, 6.07) is 13.1. The van der Waals surface area contributed by atoms with Crippen molar-refractivity contribution in [3.63, 3.8) is 0 Å². The highest BCUT2D eigenvalue weighted by Crippen LogP contribution is 2.23. The number of benzene rings is 2. The van der Waals surface area contributed by atoms with Crippen molar-refractivity contribution in [3.05, 3.63) is 59.9 Å². The molecule has 154 valence electrons. The fraction of sp³-hybridized carbons (Fsp3) is 0.273. The van der Waals surface area contributed by atoms with Crippen LogP contribution in [0.15, 0.2) is 48.5 Å². The summed E-state index contributed by atoms with van der Waals surface area (Å²) >= 11 is 0. The highest BCUT2D eigenvalue weighted by molar-refractivity contribution is 6.10. The molecular formula is C22H23N5O3. The Morgan fingerprint density at radius 3 is 2.60 bits per heavy atom. The van der Waals surface area contributed by atoms with Gasteiger partial charge in [-0.3, -0.25) is 14.4 Å². The summed E-state index contributed by atoms with van der Waals surface area (Å²) in [5, 5.41) is 8.31. The van der Waals surface area contributed by atoms with Crippen LogP contribution in [0.2, 0.25) is 0 Å². The van der Waals surface area contributed by atoms with E-state index in [1.54, 1.807) is 24.3 Å². The number of nitrogens with zero attached hydrogens (tertiary/aromatic N) is 1. The van der Waals surface area contributed by atoms with Crippen LogP contribution in [0.5, 0.6) is 0 Å². The van der Waals surface area contributed by atoms with E-state index in [2.05, 4.69) is 25.9 Å². The smallest absolute Gasteiger partial charge is 0.254 e. The van der Waals surface area contributed by atoms with E-state index < -0.39 is 11.9 Å². The Bertz CT molecular complexity index is 1090. The molecule has 1 aromatic heterocycles. The van der Waals surface area contributed by atoms with Crippen molar-refractivity contribution in [1.29, 1.82) is 0 Å². The van der Waals surface area contributed by atoms with Crippen molar-refractivity contribution in [2.75, 3.05) is 5.32 Å². The summed E-state index contributed by atoms with van der Waals surface area (Å²) in [6.07, 6.45) is -0.172.